The number of hydrogen-bond acceptors (Lipinski definition) is 6. The molecule has 0 aliphatic heterocycles. The molecule has 0 aliphatic carbocycles. The second kappa shape index (κ2) is 15.0. The highest BCUT2D eigenvalue weighted by Gasteiger charge is 2.37. The topological polar surface area (TPSA) is 83.3 Å². The van der Waals surface area contributed by atoms with E-state index < -0.39 is 11.5 Å². The summed E-state index contributed by atoms with van der Waals surface area (Å²) in [7, 11) is 3.12. The summed E-state index contributed by atoms with van der Waals surface area (Å²) in [6, 6.07) is 27.7. The van der Waals surface area contributed by atoms with Gasteiger partial charge in [0.05, 0.1) is 32.0 Å². The summed E-state index contributed by atoms with van der Waals surface area (Å²) in [5.41, 5.74) is 2.96. The maximum atomic E-state index is 11.2. The number of ether oxygens (including phenoxy) is 2. The first-order valence-corrected chi connectivity index (χ1v) is 19.1. The molecule has 0 radical (unpaired) electrons. The highest BCUT2D eigenvalue weighted by Crippen LogP contribution is 2.42. The van der Waals surface area contributed by atoms with Gasteiger partial charge in [-0.2, -0.15) is 0 Å². The van der Waals surface area contributed by atoms with Crippen LogP contribution in [0.5, 0.6) is 23.0 Å². The molecule has 0 aliphatic rings. The van der Waals surface area contributed by atoms with Crippen molar-refractivity contribution in [2.45, 2.75) is 24.4 Å². The maximum absolute atomic E-state index is 11.2. The van der Waals surface area contributed by atoms with Crippen molar-refractivity contribution < 1.29 is 19.7 Å². The minimum atomic E-state index is -2.88. The van der Waals surface area contributed by atoms with Crippen LogP contribution in [-0.2, 0) is 5.54 Å². The third kappa shape index (κ3) is 8.46. The van der Waals surface area contributed by atoms with E-state index in [2.05, 4.69) is 5.32 Å². The zero-order valence-corrected chi connectivity index (χ0v) is 27.3. The van der Waals surface area contributed by atoms with Gasteiger partial charge in [0.25, 0.3) is 0 Å². The first-order valence-electron chi connectivity index (χ1n) is 13.9. The molecule has 1 unspecified atom stereocenters. The number of benzene rings is 4. The Labute approximate surface area is 268 Å². The van der Waals surface area contributed by atoms with Crippen molar-refractivity contribution in [3.05, 3.63) is 119 Å². The number of nitrogens with zero attached hydrogens (tertiary/aromatic N) is 1. The van der Waals surface area contributed by atoms with Crippen molar-refractivity contribution in [1.29, 1.82) is 0 Å². The molecule has 0 spiro atoms. The lowest BCUT2D eigenvalue weighted by atomic mass is 9.78. The van der Waals surface area contributed by atoms with Crippen molar-refractivity contribution >= 4 is 45.0 Å². The van der Waals surface area contributed by atoms with Gasteiger partial charge in [0.1, 0.15) is 23.0 Å². The number of hydrogen-bond donors (Lipinski definition) is 3. The van der Waals surface area contributed by atoms with Crippen LogP contribution >= 0.6 is 33.2 Å². The van der Waals surface area contributed by atoms with Crippen molar-refractivity contribution in [2.24, 2.45) is 4.99 Å². The van der Waals surface area contributed by atoms with Crippen molar-refractivity contribution in [3.63, 3.8) is 0 Å². The van der Waals surface area contributed by atoms with E-state index >= 15 is 0 Å². The molecule has 10 heteroatoms. The van der Waals surface area contributed by atoms with E-state index in [-0.39, 0.29) is 11.5 Å². The number of aliphatic imine (C=N–C) groups is 1. The average molecular weight is 658 g/mol. The van der Waals surface area contributed by atoms with Crippen LogP contribution < -0.4 is 14.8 Å². The molecule has 6 nitrogen and oxygen atoms in total. The molecule has 4 rings (SSSR count). The summed E-state index contributed by atoms with van der Waals surface area (Å²) >= 11 is 18.8. The van der Waals surface area contributed by atoms with Gasteiger partial charge in [0, 0.05) is 35.4 Å². The molecule has 226 valence electrons. The van der Waals surface area contributed by atoms with E-state index in [1.54, 1.807) is 38.5 Å². The maximum Gasteiger partial charge on any atom is 0.341 e. The zero-order valence-electron chi connectivity index (χ0n) is 24.1. The Balaban J connectivity index is 1.72. The summed E-state index contributed by atoms with van der Waals surface area (Å²) in [4.78, 5) is 4.95. The predicted molar refractivity (Wildman–Crippen MR) is 179 cm³/mol. The number of rotatable bonds is 14. The van der Waals surface area contributed by atoms with Crippen LogP contribution in [0.25, 0.3) is 0 Å². The molecule has 0 saturated carbocycles. The van der Waals surface area contributed by atoms with E-state index in [9.17, 15) is 10.2 Å². The van der Waals surface area contributed by atoms with Crippen LogP contribution in [-0.4, -0.2) is 49.2 Å². The summed E-state index contributed by atoms with van der Waals surface area (Å²) < 4.78 is 10.6. The smallest absolute Gasteiger partial charge is 0.341 e. The van der Waals surface area contributed by atoms with Gasteiger partial charge < -0.3 is 25.0 Å². The van der Waals surface area contributed by atoms with Crippen LogP contribution in [0.1, 0.15) is 35.1 Å². The van der Waals surface area contributed by atoms with E-state index in [0.29, 0.717) is 60.3 Å². The minimum Gasteiger partial charge on any atom is -0.507 e. The highest BCUT2D eigenvalue weighted by atomic mass is 35.8. The van der Waals surface area contributed by atoms with Crippen LogP contribution in [0.3, 0.4) is 0 Å². The largest absolute Gasteiger partial charge is 0.507 e. The molecule has 0 aromatic heterocycles. The molecule has 43 heavy (non-hydrogen) atoms. The summed E-state index contributed by atoms with van der Waals surface area (Å²) in [6.45, 7) is 0.819. The van der Waals surface area contributed by atoms with Crippen molar-refractivity contribution in [1.82, 2.24) is 5.32 Å². The zero-order chi connectivity index (χ0) is 30.9. The van der Waals surface area contributed by atoms with E-state index in [0.717, 1.165) is 11.1 Å². The standard InChI is InChI=1S/C33H35Cl3N2O4Si/c1-41-26-14-16-28(30(39)22-26)32(24-10-5-3-6-11-24)37-19-20-38-33(18-9-21-43(34,35)36,25-12-7-4-8-13-25)29-17-15-27(42-2)23-31(29)40/h3-8,10-17,22-23,38-40H,9,18-21H2,1-2H3. The molecule has 0 saturated heterocycles. The molecular weight excluding hydrogens is 623 g/mol. The number of aromatic hydroxyl groups is 2. The summed E-state index contributed by atoms with van der Waals surface area (Å²) in [5.74, 6) is 1.28. The summed E-state index contributed by atoms with van der Waals surface area (Å²) in [6.07, 6.45) is 1.18. The average Bonchev–Trinajstić information content (AvgIpc) is 3.01. The molecule has 3 N–H and O–H groups in total. The third-order valence-electron chi connectivity index (χ3n) is 7.26. The second-order valence-corrected chi connectivity index (χ2v) is 19.3. The Morgan fingerprint density at radius 1 is 0.814 bits per heavy atom. The Bertz CT molecular complexity index is 1520. The molecular formula is C33H35Cl3N2O4Si. The highest BCUT2D eigenvalue weighted by molar-refractivity contribution is 7.64. The Kier molecular flexibility index (Phi) is 11.4. The fourth-order valence-corrected chi connectivity index (χ4v) is 6.98. The third-order valence-corrected chi connectivity index (χ3v) is 9.88. The van der Waals surface area contributed by atoms with Gasteiger partial charge in [-0.3, -0.25) is 4.99 Å². The van der Waals surface area contributed by atoms with E-state index in [1.165, 1.54) is 0 Å². The van der Waals surface area contributed by atoms with Gasteiger partial charge >= 0.3 is 6.00 Å². The Morgan fingerprint density at radius 2 is 1.42 bits per heavy atom. The van der Waals surface area contributed by atoms with Crippen LogP contribution in [0.15, 0.2) is 102 Å². The molecule has 4 aromatic rings. The molecule has 0 fully saturated rings. The Hall–Kier alpha value is -3.20. The van der Waals surface area contributed by atoms with Gasteiger partial charge in [-0.25, -0.2) is 0 Å². The number of phenolic OH excluding ortho intramolecular Hbond substituents is 2. The normalized spacial score (nSPS) is 13.4. The SMILES string of the molecule is COc1ccc(C(=NCCNC(CCC[Si](Cl)(Cl)Cl)(c2ccccc2)c2ccc(OC)cc2O)c2ccccc2)c(O)c1. The molecule has 1 atom stereocenters. The van der Waals surface area contributed by atoms with Crippen LogP contribution in [0.4, 0.5) is 0 Å². The molecule has 0 heterocycles. The Morgan fingerprint density at radius 3 is 2.00 bits per heavy atom. The molecule has 4 aromatic carbocycles. The van der Waals surface area contributed by atoms with Gasteiger partial charge in [-0.05, 0) is 48.7 Å². The second-order valence-electron chi connectivity index (χ2n) is 10.0. The lowest BCUT2D eigenvalue weighted by molar-refractivity contribution is 0.350. The monoisotopic (exact) mass is 656 g/mol. The number of phenols is 2. The number of halogens is 3. The minimum absolute atomic E-state index is 0.0765. The van der Waals surface area contributed by atoms with Crippen molar-refractivity contribution in [2.75, 3.05) is 27.3 Å². The first kappa shape index (κ1) is 32.7. The first-order chi connectivity index (χ1) is 20.7. The number of nitrogens with one attached hydrogen (secondary N) is 1. The van der Waals surface area contributed by atoms with Gasteiger partial charge in [-0.15, -0.1) is 33.2 Å². The lowest BCUT2D eigenvalue weighted by Gasteiger charge is -2.37. The van der Waals surface area contributed by atoms with Gasteiger partial charge in [0.2, 0.25) is 0 Å². The van der Waals surface area contributed by atoms with Crippen LogP contribution in [0.2, 0.25) is 6.04 Å². The van der Waals surface area contributed by atoms with E-state index in [4.69, 9.17) is 47.7 Å². The number of methoxy groups -OCH3 is 2. The van der Waals surface area contributed by atoms with Gasteiger partial charge in [-0.1, -0.05) is 60.7 Å². The molecule has 0 amide bonds. The predicted octanol–water partition coefficient (Wildman–Crippen LogP) is 7.92. The van der Waals surface area contributed by atoms with Gasteiger partial charge in [0.15, 0.2) is 0 Å². The van der Waals surface area contributed by atoms with Crippen molar-refractivity contribution in [3.8, 4) is 23.0 Å². The fourth-order valence-electron chi connectivity index (χ4n) is 5.20. The summed E-state index contributed by atoms with van der Waals surface area (Å²) in [5, 5.41) is 25.8. The quantitative estimate of drug-likeness (QED) is 0.0556. The van der Waals surface area contributed by atoms with E-state index in [1.807, 2.05) is 72.8 Å². The lowest BCUT2D eigenvalue weighted by Crippen LogP contribution is -2.45. The van der Waals surface area contributed by atoms with Crippen LogP contribution in [0, 0.1) is 0 Å². The fraction of sp³-hybridized carbons (Fsp3) is 0.242. The molecule has 0 bridgehead atoms.